The van der Waals surface area contributed by atoms with Crippen molar-refractivity contribution in [3.05, 3.63) is 29.7 Å². The Morgan fingerprint density at radius 3 is 2.92 bits per heavy atom. The Morgan fingerprint density at radius 2 is 2.12 bits per heavy atom. The van der Waals surface area contributed by atoms with Crippen molar-refractivity contribution in [1.29, 1.82) is 0 Å². The Bertz CT molecular complexity index is 768. The Morgan fingerprint density at radius 1 is 1.27 bits per heavy atom. The van der Waals surface area contributed by atoms with Crippen LogP contribution in [0.3, 0.4) is 0 Å². The largest absolute Gasteiger partial charge is 0.383 e. The minimum absolute atomic E-state index is 0.00610. The van der Waals surface area contributed by atoms with Crippen LogP contribution in [-0.2, 0) is 4.74 Å². The van der Waals surface area contributed by atoms with Gasteiger partial charge in [-0.1, -0.05) is 12.8 Å². The topological polar surface area (TPSA) is 71.8 Å². The number of amides is 1. The number of carbonyl (C=O) groups excluding carboxylic acids is 1. The average Bonchev–Trinajstić information content (AvgIpc) is 3.39. The van der Waals surface area contributed by atoms with E-state index in [0.29, 0.717) is 17.5 Å². The molecule has 4 rings (SSSR count). The Kier molecular flexibility index (Phi) is 5.17. The number of nitrogens with one attached hydrogen (secondary N) is 1. The van der Waals surface area contributed by atoms with Crippen LogP contribution in [0.2, 0.25) is 0 Å². The molecule has 140 valence electrons. The van der Waals surface area contributed by atoms with E-state index < -0.39 is 0 Å². The van der Waals surface area contributed by atoms with Crippen LogP contribution in [0.1, 0.15) is 54.2 Å². The van der Waals surface area contributed by atoms with Crippen molar-refractivity contribution in [3.8, 4) is 0 Å². The molecule has 2 aliphatic rings. The van der Waals surface area contributed by atoms with Crippen molar-refractivity contribution in [2.75, 3.05) is 33.4 Å². The van der Waals surface area contributed by atoms with E-state index in [2.05, 4.69) is 20.4 Å². The fourth-order valence-corrected chi connectivity index (χ4v) is 4.13. The van der Waals surface area contributed by atoms with E-state index in [1.165, 1.54) is 12.8 Å². The number of methoxy groups -OCH3 is 1. The lowest BCUT2D eigenvalue weighted by molar-refractivity contribution is 0.0937. The first-order chi connectivity index (χ1) is 12.7. The number of pyridine rings is 1. The summed E-state index contributed by atoms with van der Waals surface area (Å²) < 4.78 is 7.17. The van der Waals surface area contributed by atoms with Gasteiger partial charge < -0.3 is 15.0 Å². The van der Waals surface area contributed by atoms with Gasteiger partial charge in [0.05, 0.1) is 12.2 Å². The molecule has 1 amide bonds. The van der Waals surface area contributed by atoms with Gasteiger partial charge in [-0.15, -0.1) is 10.2 Å². The Hall–Kier alpha value is -1.99. The van der Waals surface area contributed by atoms with Crippen molar-refractivity contribution in [3.63, 3.8) is 0 Å². The third-order valence-electron chi connectivity index (χ3n) is 5.63. The van der Waals surface area contributed by atoms with E-state index in [-0.39, 0.29) is 5.91 Å². The molecule has 0 radical (unpaired) electrons. The fraction of sp³-hybridized carbons (Fsp3) is 0.632. The van der Waals surface area contributed by atoms with Crippen LogP contribution in [0.25, 0.3) is 5.65 Å². The van der Waals surface area contributed by atoms with Crippen LogP contribution in [0.5, 0.6) is 0 Å². The van der Waals surface area contributed by atoms with Gasteiger partial charge in [0.2, 0.25) is 0 Å². The Labute approximate surface area is 153 Å². The monoisotopic (exact) mass is 357 g/mol. The van der Waals surface area contributed by atoms with Crippen LogP contribution in [0, 0.1) is 0 Å². The number of hydrogen-bond acceptors (Lipinski definition) is 5. The second kappa shape index (κ2) is 7.72. The number of likely N-dealkylation sites (tertiary alicyclic amines) is 1. The summed E-state index contributed by atoms with van der Waals surface area (Å²) in [6, 6.07) is 4.05. The second-order valence-corrected chi connectivity index (χ2v) is 7.44. The van der Waals surface area contributed by atoms with Crippen molar-refractivity contribution >= 4 is 11.6 Å². The number of nitrogens with zero attached hydrogens (tertiary/aromatic N) is 4. The first kappa shape index (κ1) is 17.4. The van der Waals surface area contributed by atoms with Gasteiger partial charge in [-0.3, -0.25) is 9.20 Å². The molecule has 1 atom stereocenters. The van der Waals surface area contributed by atoms with Crippen molar-refractivity contribution in [2.24, 2.45) is 0 Å². The summed E-state index contributed by atoms with van der Waals surface area (Å²) in [5.74, 6) is 1.30. The molecule has 0 aromatic carbocycles. The maximum atomic E-state index is 12.6. The van der Waals surface area contributed by atoms with E-state index in [4.69, 9.17) is 4.74 Å². The standard InChI is InChI=1S/C19H27N5O2/c1-26-11-10-23-9-8-14(12-23)18-22-21-17-7-6-15(13-24(17)18)19(25)20-16-4-2-3-5-16/h6-7,13-14,16H,2-5,8-12H2,1H3,(H,20,25). The first-order valence-corrected chi connectivity index (χ1v) is 9.61. The summed E-state index contributed by atoms with van der Waals surface area (Å²) in [7, 11) is 1.73. The SMILES string of the molecule is COCCN1CCC(c2nnc3ccc(C(=O)NC4CCCC4)cn23)C1. The quantitative estimate of drug-likeness (QED) is 0.854. The highest BCUT2D eigenvalue weighted by molar-refractivity contribution is 5.94. The zero-order valence-corrected chi connectivity index (χ0v) is 15.4. The molecule has 2 fully saturated rings. The molecule has 7 heteroatoms. The van der Waals surface area contributed by atoms with Gasteiger partial charge in [0.1, 0.15) is 5.82 Å². The van der Waals surface area contributed by atoms with Crippen LogP contribution in [0.15, 0.2) is 18.3 Å². The zero-order chi connectivity index (χ0) is 17.9. The normalized spacial score (nSPS) is 21.7. The predicted octanol–water partition coefficient (Wildman–Crippen LogP) is 1.84. The van der Waals surface area contributed by atoms with E-state index in [0.717, 1.165) is 57.0 Å². The summed E-state index contributed by atoms with van der Waals surface area (Å²) in [5.41, 5.74) is 1.48. The highest BCUT2D eigenvalue weighted by Gasteiger charge is 2.27. The molecule has 1 aliphatic heterocycles. The van der Waals surface area contributed by atoms with Gasteiger partial charge in [0.25, 0.3) is 5.91 Å². The zero-order valence-electron chi connectivity index (χ0n) is 15.4. The van der Waals surface area contributed by atoms with Crippen LogP contribution in [-0.4, -0.2) is 64.8 Å². The summed E-state index contributed by atoms with van der Waals surface area (Å²) in [6.45, 7) is 3.70. The van der Waals surface area contributed by atoms with Gasteiger partial charge in [-0.25, -0.2) is 0 Å². The van der Waals surface area contributed by atoms with Gasteiger partial charge >= 0.3 is 0 Å². The molecule has 3 heterocycles. The van der Waals surface area contributed by atoms with Gasteiger partial charge in [-0.05, 0) is 37.9 Å². The van der Waals surface area contributed by atoms with Gasteiger partial charge in [0.15, 0.2) is 5.65 Å². The fourth-order valence-electron chi connectivity index (χ4n) is 4.13. The van der Waals surface area contributed by atoms with E-state index >= 15 is 0 Å². The van der Waals surface area contributed by atoms with Gasteiger partial charge in [-0.2, -0.15) is 0 Å². The maximum absolute atomic E-state index is 12.6. The lowest BCUT2D eigenvalue weighted by Gasteiger charge is -2.15. The predicted molar refractivity (Wildman–Crippen MR) is 98.4 cm³/mol. The Balaban J connectivity index is 1.50. The smallest absolute Gasteiger partial charge is 0.252 e. The third-order valence-corrected chi connectivity index (χ3v) is 5.63. The number of hydrogen-bond donors (Lipinski definition) is 1. The third kappa shape index (κ3) is 3.59. The van der Waals surface area contributed by atoms with E-state index in [9.17, 15) is 4.79 Å². The molecule has 2 aromatic heterocycles. The number of ether oxygens (including phenoxy) is 1. The molecular weight excluding hydrogens is 330 g/mol. The number of carbonyl (C=O) groups is 1. The molecule has 1 saturated heterocycles. The summed E-state index contributed by atoms with van der Waals surface area (Å²) in [4.78, 5) is 15.0. The highest BCUT2D eigenvalue weighted by atomic mass is 16.5. The number of rotatable bonds is 6. The molecule has 0 bridgehead atoms. The molecule has 26 heavy (non-hydrogen) atoms. The minimum atomic E-state index is 0.00610. The molecule has 0 spiro atoms. The molecule has 2 aromatic rings. The molecule has 7 nitrogen and oxygen atoms in total. The highest BCUT2D eigenvalue weighted by Crippen LogP contribution is 2.26. The lowest BCUT2D eigenvalue weighted by Crippen LogP contribution is -2.32. The second-order valence-electron chi connectivity index (χ2n) is 7.44. The molecule has 1 saturated carbocycles. The van der Waals surface area contributed by atoms with Crippen molar-refractivity contribution < 1.29 is 9.53 Å². The van der Waals surface area contributed by atoms with Crippen molar-refractivity contribution in [2.45, 2.75) is 44.1 Å². The number of fused-ring (bicyclic) bond motifs is 1. The van der Waals surface area contributed by atoms with Crippen molar-refractivity contribution in [1.82, 2.24) is 24.8 Å². The van der Waals surface area contributed by atoms with E-state index in [1.807, 2.05) is 22.7 Å². The summed E-state index contributed by atoms with van der Waals surface area (Å²) >= 11 is 0. The first-order valence-electron chi connectivity index (χ1n) is 9.61. The van der Waals surface area contributed by atoms with E-state index in [1.54, 1.807) is 7.11 Å². The summed E-state index contributed by atoms with van der Waals surface area (Å²) in [6.07, 6.45) is 7.55. The van der Waals surface area contributed by atoms with Crippen LogP contribution >= 0.6 is 0 Å². The molecule has 1 aliphatic carbocycles. The summed E-state index contributed by atoms with van der Waals surface area (Å²) in [5, 5.41) is 11.9. The molecular formula is C19H27N5O2. The minimum Gasteiger partial charge on any atom is -0.383 e. The molecule has 1 N–H and O–H groups in total. The lowest BCUT2D eigenvalue weighted by atomic mass is 10.1. The van der Waals surface area contributed by atoms with Crippen LogP contribution in [0.4, 0.5) is 0 Å². The average molecular weight is 357 g/mol. The van der Waals surface area contributed by atoms with Gasteiger partial charge in [0, 0.05) is 38.4 Å². The maximum Gasteiger partial charge on any atom is 0.252 e. The number of aromatic nitrogens is 3. The van der Waals surface area contributed by atoms with Crippen LogP contribution < -0.4 is 5.32 Å². The molecule has 1 unspecified atom stereocenters.